The molecular weight excluding hydrogens is 501 g/mol. The van der Waals surface area contributed by atoms with Crippen LogP contribution >= 0.6 is 24.0 Å². The van der Waals surface area contributed by atoms with Gasteiger partial charge < -0.3 is 16.0 Å². The van der Waals surface area contributed by atoms with Crippen LogP contribution in [0, 0.1) is 0 Å². The standard InChI is InChI=1S/C24H41N5O.HI/c1-6-14-26-22(30)18-29-15-12-21(13-16-29)28-23(25-7-2)27-17-19-8-10-20(11-9-19)24(3,4)5;/h8-11,21H,6-7,12-18H2,1-5H3,(H,26,30)(H2,25,27,28);1H. The lowest BCUT2D eigenvalue weighted by Gasteiger charge is -2.32. The van der Waals surface area contributed by atoms with E-state index in [0.717, 1.165) is 51.4 Å². The SMILES string of the molecule is CCCNC(=O)CN1CCC(NC(=NCc2ccc(C(C)(C)C)cc2)NCC)CC1.I. The molecule has 1 heterocycles. The first-order chi connectivity index (χ1) is 14.3. The molecule has 0 unspecified atom stereocenters. The largest absolute Gasteiger partial charge is 0.357 e. The Balaban J connectivity index is 0.00000480. The number of rotatable bonds is 8. The minimum atomic E-state index is 0. The van der Waals surface area contributed by atoms with Gasteiger partial charge in [-0.3, -0.25) is 9.69 Å². The van der Waals surface area contributed by atoms with Crippen LogP contribution in [0.2, 0.25) is 0 Å². The molecule has 1 saturated heterocycles. The van der Waals surface area contributed by atoms with Crippen LogP contribution in [-0.2, 0) is 16.8 Å². The monoisotopic (exact) mass is 543 g/mol. The number of benzene rings is 1. The third-order valence-corrected chi connectivity index (χ3v) is 5.45. The van der Waals surface area contributed by atoms with Gasteiger partial charge in [0.2, 0.25) is 5.91 Å². The maximum absolute atomic E-state index is 11.9. The van der Waals surface area contributed by atoms with Crippen LogP contribution in [0.5, 0.6) is 0 Å². The summed E-state index contributed by atoms with van der Waals surface area (Å²) in [5, 5.41) is 9.90. The summed E-state index contributed by atoms with van der Waals surface area (Å²) in [6.45, 7) is 15.5. The first-order valence-corrected chi connectivity index (χ1v) is 11.4. The Hall–Kier alpha value is -1.35. The Morgan fingerprint density at radius 1 is 1.10 bits per heavy atom. The number of guanidine groups is 1. The van der Waals surface area contributed by atoms with E-state index in [2.05, 4.69) is 79.7 Å². The summed E-state index contributed by atoms with van der Waals surface area (Å²) >= 11 is 0. The molecule has 0 aliphatic carbocycles. The number of amides is 1. The fourth-order valence-electron chi connectivity index (χ4n) is 3.55. The fraction of sp³-hybridized carbons (Fsp3) is 0.667. The van der Waals surface area contributed by atoms with Crippen molar-refractivity contribution in [2.24, 2.45) is 4.99 Å². The van der Waals surface area contributed by atoms with Crippen LogP contribution in [0.4, 0.5) is 0 Å². The molecule has 0 radical (unpaired) electrons. The van der Waals surface area contributed by atoms with Crippen LogP contribution in [0.15, 0.2) is 29.3 Å². The Bertz CT molecular complexity index is 676. The van der Waals surface area contributed by atoms with E-state index in [9.17, 15) is 4.79 Å². The van der Waals surface area contributed by atoms with Crippen molar-refractivity contribution in [3.63, 3.8) is 0 Å². The van der Waals surface area contributed by atoms with Gasteiger partial charge in [0.25, 0.3) is 0 Å². The van der Waals surface area contributed by atoms with Gasteiger partial charge in [0.15, 0.2) is 5.96 Å². The van der Waals surface area contributed by atoms with E-state index >= 15 is 0 Å². The third-order valence-electron chi connectivity index (χ3n) is 5.45. The average molecular weight is 544 g/mol. The minimum absolute atomic E-state index is 0. The second-order valence-electron chi connectivity index (χ2n) is 9.19. The van der Waals surface area contributed by atoms with Crippen molar-refractivity contribution >= 4 is 35.8 Å². The Kier molecular flexibility index (Phi) is 12.4. The van der Waals surface area contributed by atoms with Gasteiger partial charge in [0.05, 0.1) is 13.1 Å². The lowest BCUT2D eigenvalue weighted by Crippen LogP contribution is -2.50. The van der Waals surface area contributed by atoms with Gasteiger partial charge >= 0.3 is 0 Å². The summed E-state index contributed by atoms with van der Waals surface area (Å²) in [4.78, 5) is 18.9. The quantitative estimate of drug-likeness (QED) is 0.266. The maximum Gasteiger partial charge on any atom is 0.234 e. The van der Waals surface area contributed by atoms with Crippen molar-refractivity contribution < 1.29 is 4.79 Å². The number of hydrogen-bond donors (Lipinski definition) is 3. The number of nitrogens with one attached hydrogen (secondary N) is 3. The first kappa shape index (κ1) is 27.7. The van der Waals surface area contributed by atoms with Crippen molar-refractivity contribution in [1.82, 2.24) is 20.9 Å². The molecule has 176 valence electrons. The number of likely N-dealkylation sites (tertiary alicyclic amines) is 1. The van der Waals surface area contributed by atoms with Crippen molar-refractivity contribution in [2.75, 3.05) is 32.7 Å². The average Bonchev–Trinajstić information content (AvgIpc) is 2.71. The second-order valence-corrected chi connectivity index (χ2v) is 9.19. The van der Waals surface area contributed by atoms with Crippen molar-refractivity contribution in [3.8, 4) is 0 Å². The van der Waals surface area contributed by atoms with Gasteiger partial charge in [-0.15, -0.1) is 24.0 Å². The molecule has 31 heavy (non-hydrogen) atoms. The molecule has 0 aromatic heterocycles. The summed E-state index contributed by atoms with van der Waals surface area (Å²) in [6.07, 6.45) is 3.02. The van der Waals surface area contributed by atoms with Crippen LogP contribution in [0.25, 0.3) is 0 Å². The highest BCUT2D eigenvalue weighted by Gasteiger charge is 2.21. The molecule has 0 saturated carbocycles. The zero-order valence-corrected chi connectivity index (χ0v) is 22.3. The van der Waals surface area contributed by atoms with Crippen LogP contribution < -0.4 is 16.0 Å². The summed E-state index contributed by atoms with van der Waals surface area (Å²) in [5.41, 5.74) is 2.73. The van der Waals surface area contributed by atoms with Crippen molar-refractivity contribution in [1.29, 1.82) is 0 Å². The molecule has 3 N–H and O–H groups in total. The smallest absolute Gasteiger partial charge is 0.234 e. The Morgan fingerprint density at radius 3 is 2.29 bits per heavy atom. The lowest BCUT2D eigenvalue weighted by molar-refractivity contribution is -0.122. The van der Waals surface area contributed by atoms with E-state index in [-0.39, 0.29) is 35.3 Å². The number of carbonyl (C=O) groups is 1. The normalized spacial score (nSPS) is 15.8. The topological polar surface area (TPSA) is 68.8 Å². The highest BCUT2D eigenvalue weighted by atomic mass is 127. The van der Waals surface area contributed by atoms with Gasteiger partial charge in [-0.25, -0.2) is 4.99 Å². The summed E-state index contributed by atoms with van der Waals surface area (Å²) in [7, 11) is 0. The lowest BCUT2D eigenvalue weighted by atomic mass is 9.87. The van der Waals surface area contributed by atoms with Gasteiger partial charge in [0, 0.05) is 32.2 Å². The minimum Gasteiger partial charge on any atom is -0.357 e. The predicted octanol–water partition coefficient (Wildman–Crippen LogP) is 3.65. The van der Waals surface area contributed by atoms with Gasteiger partial charge in [-0.1, -0.05) is 52.0 Å². The molecule has 1 aromatic rings. The number of aliphatic imine (C=N–C) groups is 1. The highest BCUT2D eigenvalue weighted by molar-refractivity contribution is 14.0. The molecule has 2 rings (SSSR count). The maximum atomic E-state index is 11.9. The number of carbonyl (C=O) groups excluding carboxylic acids is 1. The number of halogens is 1. The van der Waals surface area contributed by atoms with Crippen LogP contribution in [0.1, 0.15) is 65.0 Å². The highest BCUT2D eigenvalue weighted by Crippen LogP contribution is 2.22. The van der Waals surface area contributed by atoms with E-state index in [0.29, 0.717) is 19.1 Å². The second kappa shape index (κ2) is 13.9. The van der Waals surface area contributed by atoms with Crippen molar-refractivity contribution in [3.05, 3.63) is 35.4 Å². The molecule has 7 heteroatoms. The van der Waals surface area contributed by atoms with Crippen molar-refractivity contribution in [2.45, 2.75) is 71.9 Å². The van der Waals surface area contributed by atoms with E-state index in [4.69, 9.17) is 4.99 Å². The molecule has 1 fully saturated rings. The van der Waals surface area contributed by atoms with Gasteiger partial charge in [0.1, 0.15) is 0 Å². The number of piperidine rings is 1. The molecule has 0 spiro atoms. The number of hydrogen-bond acceptors (Lipinski definition) is 3. The predicted molar refractivity (Wildman–Crippen MR) is 141 cm³/mol. The van der Waals surface area contributed by atoms with E-state index in [1.54, 1.807) is 0 Å². The Morgan fingerprint density at radius 2 is 1.74 bits per heavy atom. The molecule has 0 atom stereocenters. The molecule has 6 nitrogen and oxygen atoms in total. The number of nitrogens with zero attached hydrogens (tertiary/aromatic N) is 2. The van der Waals surface area contributed by atoms with Crippen LogP contribution in [0.3, 0.4) is 0 Å². The van der Waals surface area contributed by atoms with E-state index in [1.165, 1.54) is 11.1 Å². The summed E-state index contributed by atoms with van der Waals surface area (Å²) < 4.78 is 0. The molecular formula is C24H42IN5O. The van der Waals surface area contributed by atoms with Crippen LogP contribution in [-0.4, -0.2) is 55.5 Å². The third kappa shape index (κ3) is 10.2. The molecule has 1 amide bonds. The zero-order valence-electron chi connectivity index (χ0n) is 20.0. The first-order valence-electron chi connectivity index (χ1n) is 11.4. The Labute approximate surface area is 206 Å². The summed E-state index contributed by atoms with van der Waals surface area (Å²) in [6, 6.07) is 9.15. The van der Waals surface area contributed by atoms with Gasteiger partial charge in [-0.05, 0) is 42.7 Å². The molecule has 1 aromatic carbocycles. The van der Waals surface area contributed by atoms with Gasteiger partial charge in [-0.2, -0.15) is 0 Å². The zero-order chi connectivity index (χ0) is 22.0. The van der Waals surface area contributed by atoms with E-state index < -0.39 is 0 Å². The fourth-order valence-corrected chi connectivity index (χ4v) is 3.55. The summed E-state index contributed by atoms with van der Waals surface area (Å²) in [5.74, 6) is 1.01. The molecule has 0 bridgehead atoms. The molecule has 1 aliphatic rings. The molecule has 1 aliphatic heterocycles. The van der Waals surface area contributed by atoms with E-state index in [1.807, 2.05) is 0 Å².